The molecule has 1 aromatic heterocycles. The molecule has 0 saturated carbocycles. The summed E-state index contributed by atoms with van der Waals surface area (Å²) < 4.78 is 27.8. The molecule has 0 bridgehead atoms. The zero-order valence-corrected chi connectivity index (χ0v) is 12.2. The van der Waals surface area contributed by atoms with E-state index >= 15 is 0 Å². The fourth-order valence-corrected chi connectivity index (χ4v) is 4.11. The van der Waals surface area contributed by atoms with Crippen LogP contribution in [0, 0.1) is 5.92 Å². The minimum Gasteiger partial charge on any atom is -0.324 e. The predicted molar refractivity (Wildman–Crippen MR) is 70.0 cm³/mol. The van der Waals surface area contributed by atoms with Gasteiger partial charge in [-0.2, -0.15) is 4.31 Å². The Bertz CT molecular complexity index is 518. The summed E-state index contributed by atoms with van der Waals surface area (Å²) >= 11 is 5.96. The smallest absolute Gasteiger partial charge is 0.263 e. The van der Waals surface area contributed by atoms with E-state index in [1.165, 1.54) is 15.2 Å². The third kappa shape index (κ3) is 2.41. The number of sulfonamides is 1. The van der Waals surface area contributed by atoms with Gasteiger partial charge in [0.2, 0.25) is 5.03 Å². The van der Waals surface area contributed by atoms with Gasteiger partial charge in [-0.3, -0.25) is 0 Å². The molecule has 1 aliphatic heterocycles. The van der Waals surface area contributed by atoms with Gasteiger partial charge in [-0.1, -0.05) is 24.9 Å². The summed E-state index contributed by atoms with van der Waals surface area (Å²) in [4.78, 5) is 3.90. The average molecular weight is 292 g/mol. The van der Waals surface area contributed by atoms with Gasteiger partial charge in [0.1, 0.15) is 5.15 Å². The van der Waals surface area contributed by atoms with Gasteiger partial charge in [-0.25, -0.2) is 13.4 Å². The number of hydrogen-bond donors (Lipinski definition) is 0. The molecule has 0 unspecified atom stereocenters. The molecule has 0 N–H and O–H groups in total. The van der Waals surface area contributed by atoms with Crippen LogP contribution < -0.4 is 0 Å². The summed E-state index contributed by atoms with van der Waals surface area (Å²) in [6, 6.07) is 0. The summed E-state index contributed by atoms with van der Waals surface area (Å²) in [5.41, 5.74) is 0. The van der Waals surface area contributed by atoms with Crippen LogP contribution in [0.25, 0.3) is 0 Å². The normalized spacial score (nSPS) is 19.3. The van der Waals surface area contributed by atoms with Crippen molar-refractivity contribution in [3.8, 4) is 0 Å². The molecule has 1 aliphatic rings. The lowest BCUT2D eigenvalue weighted by Gasteiger charge is -2.30. The van der Waals surface area contributed by atoms with Crippen molar-refractivity contribution in [2.24, 2.45) is 13.0 Å². The molecule has 1 fully saturated rings. The SMILES string of the molecule is CCC1CCN(S(=O)(=O)c2ncn(C)c2Cl)CC1. The van der Waals surface area contributed by atoms with E-state index in [1.54, 1.807) is 7.05 Å². The van der Waals surface area contributed by atoms with Crippen LogP contribution in [0.15, 0.2) is 11.4 Å². The van der Waals surface area contributed by atoms with Crippen LogP contribution >= 0.6 is 11.6 Å². The Morgan fingerprint density at radius 2 is 2.06 bits per heavy atom. The Hall–Kier alpha value is -0.590. The Morgan fingerprint density at radius 3 is 2.50 bits per heavy atom. The van der Waals surface area contributed by atoms with E-state index in [4.69, 9.17) is 11.6 Å². The fourth-order valence-electron chi connectivity index (χ4n) is 2.25. The average Bonchev–Trinajstić information content (AvgIpc) is 2.70. The first-order valence-electron chi connectivity index (χ1n) is 6.13. The number of piperidine rings is 1. The fraction of sp³-hybridized carbons (Fsp3) is 0.727. The van der Waals surface area contributed by atoms with Crippen LogP contribution in [-0.2, 0) is 17.1 Å². The number of nitrogens with zero attached hydrogens (tertiary/aromatic N) is 3. The molecule has 0 radical (unpaired) electrons. The topological polar surface area (TPSA) is 55.2 Å². The number of aromatic nitrogens is 2. The molecule has 1 aromatic rings. The molecule has 102 valence electrons. The molecular formula is C11H18ClN3O2S. The molecule has 18 heavy (non-hydrogen) atoms. The standard InChI is InChI=1S/C11H18ClN3O2S/c1-3-9-4-6-15(7-5-9)18(16,17)11-10(12)14(2)8-13-11/h8-9H,3-7H2,1-2H3. The highest BCUT2D eigenvalue weighted by Crippen LogP contribution is 2.27. The second-order valence-corrected chi connectivity index (χ2v) is 6.92. The summed E-state index contributed by atoms with van der Waals surface area (Å²) in [7, 11) is -1.86. The van der Waals surface area contributed by atoms with E-state index in [2.05, 4.69) is 11.9 Å². The zero-order chi connectivity index (χ0) is 13.3. The maximum absolute atomic E-state index is 12.4. The van der Waals surface area contributed by atoms with Gasteiger partial charge < -0.3 is 4.57 Å². The highest BCUT2D eigenvalue weighted by Gasteiger charge is 2.32. The van der Waals surface area contributed by atoms with Crippen LogP contribution in [0.4, 0.5) is 0 Å². The van der Waals surface area contributed by atoms with Crippen molar-refractivity contribution in [3.05, 3.63) is 11.5 Å². The minimum atomic E-state index is -3.53. The van der Waals surface area contributed by atoms with E-state index in [0.29, 0.717) is 19.0 Å². The van der Waals surface area contributed by atoms with Crippen LogP contribution in [0.1, 0.15) is 26.2 Å². The maximum Gasteiger partial charge on any atom is 0.263 e. The lowest BCUT2D eigenvalue weighted by Crippen LogP contribution is -2.38. The van der Waals surface area contributed by atoms with Crippen molar-refractivity contribution in [1.82, 2.24) is 13.9 Å². The molecule has 0 atom stereocenters. The van der Waals surface area contributed by atoms with Gasteiger partial charge in [0.15, 0.2) is 0 Å². The van der Waals surface area contributed by atoms with Crippen LogP contribution in [0.5, 0.6) is 0 Å². The van der Waals surface area contributed by atoms with Crippen molar-refractivity contribution in [2.75, 3.05) is 13.1 Å². The predicted octanol–water partition coefficient (Wildman–Crippen LogP) is 1.88. The van der Waals surface area contributed by atoms with Crippen molar-refractivity contribution in [2.45, 2.75) is 31.2 Å². The van der Waals surface area contributed by atoms with Crippen molar-refractivity contribution in [3.63, 3.8) is 0 Å². The largest absolute Gasteiger partial charge is 0.324 e. The van der Waals surface area contributed by atoms with Crippen LogP contribution in [0.3, 0.4) is 0 Å². The molecule has 5 nitrogen and oxygen atoms in total. The van der Waals surface area contributed by atoms with E-state index in [1.807, 2.05) is 0 Å². The van der Waals surface area contributed by atoms with Gasteiger partial charge in [0.05, 0.1) is 6.33 Å². The van der Waals surface area contributed by atoms with Gasteiger partial charge in [0.25, 0.3) is 10.0 Å². The number of rotatable bonds is 3. The monoisotopic (exact) mass is 291 g/mol. The second-order valence-electron chi connectivity index (χ2n) is 4.71. The first-order valence-corrected chi connectivity index (χ1v) is 7.95. The number of halogens is 1. The Morgan fingerprint density at radius 1 is 1.44 bits per heavy atom. The first kappa shape index (κ1) is 13.8. The summed E-state index contributed by atoms with van der Waals surface area (Å²) in [6.07, 6.45) is 4.37. The van der Waals surface area contributed by atoms with E-state index in [0.717, 1.165) is 19.3 Å². The third-order valence-corrected chi connectivity index (χ3v) is 5.96. The molecule has 1 saturated heterocycles. The van der Waals surface area contributed by atoms with E-state index in [-0.39, 0.29) is 10.2 Å². The minimum absolute atomic E-state index is 0.0263. The molecule has 2 heterocycles. The molecule has 7 heteroatoms. The lowest BCUT2D eigenvalue weighted by molar-refractivity contribution is 0.268. The zero-order valence-electron chi connectivity index (χ0n) is 10.6. The van der Waals surface area contributed by atoms with Crippen molar-refractivity contribution >= 4 is 21.6 Å². The van der Waals surface area contributed by atoms with Crippen molar-refractivity contribution < 1.29 is 8.42 Å². The quantitative estimate of drug-likeness (QED) is 0.854. The summed E-state index contributed by atoms with van der Waals surface area (Å²) in [6.45, 7) is 3.27. The van der Waals surface area contributed by atoms with Crippen molar-refractivity contribution in [1.29, 1.82) is 0 Å². The number of imidazole rings is 1. The molecule has 2 rings (SSSR count). The van der Waals surface area contributed by atoms with Gasteiger partial charge >= 0.3 is 0 Å². The van der Waals surface area contributed by atoms with Gasteiger partial charge in [0, 0.05) is 20.1 Å². The second kappa shape index (κ2) is 5.19. The van der Waals surface area contributed by atoms with Crippen LogP contribution in [0.2, 0.25) is 5.15 Å². The number of aryl methyl sites for hydroxylation is 1. The molecule has 0 aliphatic carbocycles. The highest BCUT2D eigenvalue weighted by molar-refractivity contribution is 7.89. The van der Waals surface area contributed by atoms with Crippen LogP contribution in [-0.4, -0.2) is 35.4 Å². The Labute approximate surface area is 113 Å². The highest BCUT2D eigenvalue weighted by atomic mass is 35.5. The molecule has 0 spiro atoms. The van der Waals surface area contributed by atoms with Gasteiger partial charge in [-0.05, 0) is 18.8 Å². The molecule has 0 amide bonds. The number of hydrogen-bond acceptors (Lipinski definition) is 3. The Kier molecular flexibility index (Phi) is 3.99. The lowest BCUT2D eigenvalue weighted by atomic mass is 9.96. The van der Waals surface area contributed by atoms with E-state index in [9.17, 15) is 8.42 Å². The Balaban J connectivity index is 2.20. The maximum atomic E-state index is 12.4. The summed E-state index contributed by atoms with van der Waals surface area (Å²) in [5.74, 6) is 0.635. The van der Waals surface area contributed by atoms with E-state index < -0.39 is 10.0 Å². The summed E-state index contributed by atoms with van der Waals surface area (Å²) in [5, 5.41) is 0.147. The first-order chi connectivity index (χ1) is 8.46. The molecule has 0 aromatic carbocycles. The van der Waals surface area contributed by atoms with Gasteiger partial charge in [-0.15, -0.1) is 0 Å². The third-order valence-electron chi connectivity index (χ3n) is 3.57. The molecular weight excluding hydrogens is 274 g/mol.